The van der Waals surface area contributed by atoms with E-state index < -0.39 is 5.60 Å². The molecule has 0 fully saturated rings. The van der Waals surface area contributed by atoms with Crippen LogP contribution < -0.4 is 22.8 Å². The van der Waals surface area contributed by atoms with Gasteiger partial charge in [0.25, 0.3) is 18.1 Å². The van der Waals surface area contributed by atoms with Gasteiger partial charge in [0, 0.05) is 22.3 Å². The number of aryl methyl sites for hydroxylation is 2. The van der Waals surface area contributed by atoms with E-state index >= 15 is 0 Å². The van der Waals surface area contributed by atoms with E-state index in [1.807, 2.05) is 12.1 Å². The predicted octanol–water partition coefficient (Wildman–Crippen LogP) is 15.3. The van der Waals surface area contributed by atoms with Crippen molar-refractivity contribution in [1.29, 1.82) is 0 Å². The molecule has 0 aliphatic heterocycles. The molecule has 0 radical (unpaired) electrons. The lowest BCUT2D eigenvalue weighted by Gasteiger charge is -2.31. The molecule has 6 rings (SSSR count). The van der Waals surface area contributed by atoms with E-state index in [9.17, 15) is 0 Å². The van der Waals surface area contributed by atoms with Crippen LogP contribution in [0.4, 0.5) is 0 Å². The molecule has 7 heteroatoms. The fourth-order valence-corrected chi connectivity index (χ4v) is 8.37. The van der Waals surface area contributed by atoms with Gasteiger partial charge in [0.2, 0.25) is 0 Å². The van der Waals surface area contributed by atoms with Gasteiger partial charge >= 0.3 is 0 Å². The lowest BCUT2D eigenvalue weighted by Crippen LogP contribution is -2.23. The number of fused-ring (bicyclic) bond motifs is 2. The summed E-state index contributed by atoms with van der Waals surface area (Å²) in [5, 5.41) is 4.69. The molecule has 0 aliphatic rings. The summed E-state index contributed by atoms with van der Waals surface area (Å²) in [7, 11) is -0.601. The normalized spacial score (nSPS) is 12.9. The molecule has 0 saturated heterocycles. The Morgan fingerprint density at radius 1 is 0.439 bits per heavy atom. The molecule has 0 N–H and O–H groups in total. The van der Waals surface area contributed by atoms with E-state index in [0.717, 1.165) is 67.5 Å². The van der Waals surface area contributed by atoms with Gasteiger partial charge in [-0.25, -0.2) is 0 Å². The zero-order valence-electron chi connectivity index (χ0n) is 36.3. The van der Waals surface area contributed by atoms with Crippen molar-refractivity contribution in [1.82, 2.24) is 0 Å². The van der Waals surface area contributed by atoms with Crippen LogP contribution in [0.25, 0.3) is 32.7 Å². The Balaban J connectivity index is 1.52. The summed E-state index contributed by atoms with van der Waals surface area (Å²) in [5.74, 6) is 3.87. The topological polar surface area (TPSA) is 46.2 Å². The minimum absolute atomic E-state index is 0.153. The van der Waals surface area contributed by atoms with Crippen LogP contribution in [0.1, 0.15) is 111 Å². The Kier molecular flexibility index (Phi) is 12.0. The molecule has 0 bridgehead atoms. The van der Waals surface area contributed by atoms with Crippen molar-refractivity contribution in [2.75, 3.05) is 0 Å². The summed E-state index contributed by atoms with van der Waals surface area (Å²) in [6.07, 6.45) is 0. The van der Waals surface area contributed by atoms with E-state index in [2.05, 4.69) is 182 Å². The van der Waals surface area contributed by atoms with E-state index in [1.54, 1.807) is 0 Å². The lowest BCUT2D eigenvalue weighted by atomic mass is 9.77. The largest absolute Gasteiger partial charge is 0.488 e. The highest BCUT2D eigenvalue weighted by Gasteiger charge is 2.32. The maximum atomic E-state index is 6.92. The Morgan fingerprint density at radius 3 is 1.32 bits per heavy atom. The van der Waals surface area contributed by atoms with Crippen molar-refractivity contribution in [3.63, 3.8) is 0 Å². The molecule has 2 atom stereocenters. The van der Waals surface area contributed by atoms with Crippen LogP contribution in [0.5, 0.6) is 28.7 Å². The highest BCUT2D eigenvalue weighted by molar-refractivity contribution is 7.27. The van der Waals surface area contributed by atoms with Crippen LogP contribution in [0.15, 0.2) is 97.1 Å². The van der Waals surface area contributed by atoms with Crippen molar-refractivity contribution < 1.29 is 22.8 Å². The van der Waals surface area contributed by atoms with Gasteiger partial charge in [-0.2, -0.15) is 0 Å². The Morgan fingerprint density at radius 2 is 0.877 bits per heavy atom. The summed E-state index contributed by atoms with van der Waals surface area (Å²) in [4.78, 5) is 0. The smallest absolute Gasteiger partial charge is 0.275 e. The lowest BCUT2D eigenvalue weighted by molar-refractivity contribution is 0.130. The molecule has 6 aromatic carbocycles. The van der Waals surface area contributed by atoms with Gasteiger partial charge in [-0.15, -0.1) is 0 Å². The minimum atomic E-state index is -0.427. The van der Waals surface area contributed by atoms with Crippen molar-refractivity contribution >= 4 is 39.6 Å². The van der Waals surface area contributed by atoms with Gasteiger partial charge in [0.1, 0.15) is 34.3 Å². The van der Waals surface area contributed by atoms with Crippen molar-refractivity contribution in [2.45, 2.75) is 119 Å². The Labute approximate surface area is 344 Å². The first-order valence-corrected chi connectivity index (χ1v) is 21.5. The molecule has 0 saturated carbocycles. The van der Waals surface area contributed by atoms with Crippen molar-refractivity contribution in [3.8, 4) is 39.9 Å². The van der Waals surface area contributed by atoms with Crippen molar-refractivity contribution in [2.24, 2.45) is 0 Å². The fourth-order valence-electron chi connectivity index (χ4n) is 7.06. The zero-order valence-corrected chi connectivity index (χ0v) is 38.3. The first-order valence-electron chi connectivity index (χ1n) is 19.8. The summed E-state index contributed by atoms with van der Waals surface area (Å²) < 4.78 is 33.5. The summed E-state index contributed by atoms with van der Waals surface area (Å²) in [6, 6.07) is 33.9. The molecule has 2 unspecified atom stereocenters. The quantitative estimate of drug-likeness (QED) is 0.129. The number of hydrogen-bond acceptors (Lipinski definition) is 5. The average Bonchev–Trinajstić information content (AvgIpc) is 3.12. The number of rotatable bonds is 10. The molecular formula is C50H60O5P2. The third-order valence-corrected chi connectivity index (χ3v) is 11.4. The van der Waals surface area contributed by atoms with Gasteiger partial charge in [0.05, 0.1) is 0 Å². The second kappa shape index (κ2) is 16.2. The monoisotopic (exact) mass is 802 g/mol. The van der Waals surface area contributed by atoms with E-state index in [4.69, 9.17) is 22.8 Å². The summed E-state index contributed by atoms with van der Waals surface area (Å²) in [5.41, 5.74) is 6.12. The van der Waals surface area contributed by atoms with Crippen LogP contribution in [0, 0.1) is 13.8 Å². The predicted molar refractivity (Wildman–Crippen MR) is 245 cm³/mol. The van der Waals surface area contributed by atoms with Crippen LogP contribution in [-0.4, -0.2) is 5.60 Å². The maximum Gasteiger partial charge on any atom is 0.275 e. The van der Waals surface area contributed by atoms with E-state index in [1.165, 1.54) is 21.7 Å². The van der Waals surface area contributed by atoms with Crippen molar-refractivity contribution in [3.05, 3.63) is 125 Å². The van der Waals surface area contributed by atoms with Gasteiger partial charge < -0.3 is 22.8 Å². The highest BCUT2D eigenvalue weighted by atomic mass is 31.1. The van der Waals surface area contributed by atoms with Gasteiger partial charge in [-0.05, 0) is 119 Å². The molecule has 0 spiro atoms. The number of ether oxygens (including phenoxy) is 1. The molecule has 0 aliphatic carbocycles. The van der Waals surface area contributed by atoms with Gasteiger partial charge in [-0.3, -0.25) is 0 Å². The van der Waals surface area contributed by atoms with Gasteiger partial charge in [0.15, 0.2) is 0 Å². The highest BCUT2D eigenvalue weighted by Crippen LogP contribution is 2.52. The van der Waals surface area contributed by atoms with Crippen LogP contribution in [-0.2, 0) is 16.2 Å². The third kappa shape index (κ3) is 9.71. The maximum absolute atomic E-state index is 6.92. The molecule has 0 aromatic heterocycles. The van der Waals surface area contributed by atoms with Crippen LogP contribution >= 0.6 is 18.1 Å². The number of benzene rings is 6. The second-order valence-corrected chi connectivity index (χ2v) is 20.3. The standard InChI is InChI=1S/C50H60O5P2/c1-31-37-21-17-15-19-33(37)23-25-43(31)52-56-54-45-39(27-35(47(3,4)5)28-41(45)48(6,7)8)40-29-36(51-50(12,13)14)30-42(49(9,10)11)46(40)55-57-53-44-26-24-34-20-16-18-22-38(34)32(44)2/h15-30,56-57H,1-14H3. The SMILES string of the molecule is Cc1c(OPOc2c(-c3cc(C(C)(C)C)cc(C(C)(C)C)c3OPOc3ccc4ccccc4c3C)cc(OC(C)(C)C)cc2C(C)(C)C)ccc2ccccc12. The third-order valence-electron chi connectivity index (χ3n) is 10.2. The molecule has 6 aromatic rings. The zero-order chi connectivity index (χ0) is 41.5. The molecule has 0 heterocycles. The molecule has 57 heavy (non-hydrogen) atoms. The first kappa shape index (κ1) is 42.3. The molecule has 0 amide bonds. The average molecular weight is 803 g/mol. The van der Waals surface area contributed by atoms with E-state index in [-0.39, 0.29) is 34.3 Å². The Bertz CT molecular complexity index is 2410. The summed E-state index contributed by atoms with van der Waals surface area (Å²) in [6.45, 7) is 30.5. The molecule has 5 nitrogen and oxygen atoms in total. The van der Waals surface area contributed by atoms with E-state index in [0.29, 0.717) is 0 Å². The molecular weight excluding hydrogens is 742 g/mol. The second-order valence-electron chi connectivity index (χ2n) is 19.1. The van der Waals surface area contributed by atoms with Crippen LogP contribution in [0.3, 0.4) is 0 Å². The Hall–Kier alpha value is -4.30. The fraction of sp³-hybridized carbons (Fsp3) is 0.360. The molecule has 300 valence electrons. The summed E-state index contributed by atoms with van der Waals surface area (Å²) >= 11 is 0. The number of hydrogen-bond donors (Lipinski definition) is 0. The van der Waals surface area contributed by atoms with Crippen LogP contribution in [0.2, 0.25) is 0 Å². The first-order chi connectivity index (χ1) is 26.6. The van der Waals surface area contributed by atoms with Gasteiger partial charge in [-0.1, -0.05) is 129 Å². The minimum Gasteiger partial charge on any atom is -0.488 e.